The lowest BCUT2D eigenvalue weighted by molar-refractivity contribution is -0.151. The molecular weight excluding hydrogens is 407 g/mol. The number of benzene rings is 1. The zero-order valence-corrected chi connectivity index (χ0v) is 16.2. The van der Waals surface area contributed by atoms with Crippen LogP contribution in [0.4, 0.5) is 13.2 Å². The Labute approximate surface area is 166 Å². The van der Waals surface area contributed by atoms with Crippen molar-refractivity contribution in [1.82, 2.24) is 4.98 Å². The largest absolute Gasteiger partial charge is 0.456 e. The number of para-hydroxylation sites is 1. The standard InChI is InChI=1S/C19H20F3N3O3S/c20-19(21,22)15(8-10-29(27)11-9-16(23)18(26)25-29)17-7-6-14(12-24-17)28-13-4-2-1-3-5-13/h1-7,12,15-16H,8-11,23H2/t15?,16-,29?/m0/s1. The second kappa shape index (κ2) is 8.50. The quantitative estimate of drug-likeness (QED) is 0.760. The van der Waals surface area contributed by atoms with Crippen LogP contribution in [0, 0.1) is 0 Å². The number of carbonyl (C=O) groups excluding carboxylic acids is 1. The fourth-order valence-electron chi connectivity index (χ4n) is 2.92. The number of hydrogen-bond acceptors (Lipinski definition) is 5. The number of halogens is 3. The number of rotatable bonds is 6. The van der Waals surface area contributed by atoms with E-state index in [2.05, 4.69) is 9.35 Å². The van der Waals surface area contributed by atoms with Gasteiger partial charge in [0.05, 0.1) is 33.6 Å². The molecule has 156 valence electrons. The average Bonchev–Trinajstić information content (AvgIpc) is 2.66. The van der Waals surface area contributed by atoms with Gasteiger partial charge in [0.15, 0.2) is 0 Å². The molecular formula is C19H20F3N3O3S. The molecule has 0 radical (unpaired) electrons. The summed E-state index contributed by atoms with van der Waals surface area (Å²) in [4.78, 5) is 15.5. The van der Waals surface area contributed by atoms with E-state index in [-0.39, 0.29) is 23.6 Å². The van der Waals surface area contributed by atoms with Gasteiger partial charge in [-0.25, -0.2) is 4.21 Å². The van der Waals surface area contributed by atoms with Gasteiger partial charge in [-0.1, -0.05) is 18.2 Å². The Bertz CT molecular complexity index is 972. The van der Waals surface area contributed by atoms with Gasteiger partial charge in [-0.2, -0.15) is 17.5 Å². The number of aromatic nitrogens is 1. The summed E-state index contributed by atoms with van der Waals surface area (Å²) < 4.78 is 62.5. The Balaban J connectivity index is 1.75. The third-order valence-corrected chi connectivity index (χ3v) is 6.80. The van der Waals surface area contributed by atoms with Gasteiger partial charge in [0.1, 0.15) is 11.5 Å². The van der Waals surface area contributed by atoms with Crippen LogP contribution in [0.1, 0.15) is 24.5 Å². The molecule has 1 amide bonds. The van der Waals surface area contributed by atoms with Crippen LogP contribution in [0.2, 0.25) is 0 Å². The minimum atomic E-state index is -4.58. The summed E-state index contributed by atoms with van der Waals surface area (Å²) in [6.45, 7) is 0. The van der Waals surface area contributed by atoms with Crippen molar-refractivity contribution in [2.45, 2.75) is 31.0 Å². The van der Waals surface area contributed by atoms with Crippen molar-refractivity contribution < 1.29 is 26.9 Å². The molecule has 1 aromatic heterocycles. The molecule has 2 N–H and O–H groups in total. The summed E-state index contributed by atoms with van der Waals surface area (Å²) in [6, 6.07) is 10.6. The van der Waals surface area contributed by atoms with E-state index in [1.54, 1.807) is 24.3 Å². The molecule has 3 rings (SSSR count). The van der Waals surface area contributed by atoms with Gasteiger partial charge in [0, 0.05) is 11.5 Å². The molecule has 0 spiro atoms. The van der Waals surface area contributed by atoms with Crippen molar-refractivity contribution in [3.05, 3.63) is 54.4 Å². The first-order valence-corrected chi connectivity index (χ1v) is 10.8. The molecule has 6 nitrogen and oxygen atoms in total. The van der Waals surface area contributed by atoms with E-state index in [4.69, 9.17) is 10.5 Å². The van der Waals surface area contributed by atoms with Crippen LogP contribution in [0.5, 0.6) is 11.5 Å². The predicted molar refractivity (Wildman–Crippen MR) is 102 cm³/mol. The zero-order valence-electron chi connectivity index (χ0n) is 15.3. The first-order chi connectivity index (χ1) is 13.7. The summed E-state index contributed by atoms with van der Waals surface area (Å²) >= 11 is 0. The van der Waals surface area contributed by atoms with Crippen molar-refractivity contribution >= 4 is 15.6 Å². The minimum absolute atomic E-state index is 0.0156. The van der Waals surface area contributed by atoms with Gasteiger partial charge in [-0.05, 0) is 37.1 Å². The number of ether oxygens (including phenoxy) is 1. The molecule has 29 heavy (non-hydrogen) atoms. The summed E-state index contributed by atoms with van der Waals surface area (Å²) in [5.74, 6) is -2.14. The maximum atomic E-state index is 13.6. The van der Waals surface area contributed by atoms with Crippen molar-refractivity contribution in [3.63, 3.8) is 0 Å². The Morgan fingerprint density at radius 2 is 1.90 bits per heavy atom. The van der Waals surface area contributed by atoms with Crippen LogP contribution in [0.15, 0.2) is 53.0 Å². The minimum Gasteiger partial charge on any atom is -0.456 e. The fourth-order valence-corrected chi connectivity index (χ4v) is 5.00. The van der Waals surface area contributed by atoms with Gasteiger partial charge < -0.3 is 10.5 Å². The van der Waals surface area contributed by atoms with Crippen molar-refractivity contribution in [1.29, 1.82) is 0 Å². The van der Waals surface area contributed by atoms with Gasteiger partial charge in [0.2, 0.25) is 0 Å². The van der Waals surface area contributed by atoms with Gasteiger partial charge >= 0.3 is 6.18 Å². The number of carbonyl (C=O) groups is 1. The molecule has 3 atom stereocenters. The smallest absolute Gasteiger partial charge is 0.397 e. The highest BCUT2D eigenvalue weighted by Gasteiger charge is 2.42. The molecule has 1 aliphatic heterocycles. The predicted octanol–water partition coefficient (Wildman–Crippen LogP) is 3.64. The maximum absolute atomic E-state index is 13.6. The summed E-state index contributed by atoms with van der Waals surface area (Å²) in [5, 5.41) is 0. The summed E-state index contributed by atoms with van der Waals surface area (Å²) in [5.41, 5.74) is 5.31. The lowest BCUT2D eigenvalue weighted by atomic mass is 10.0. The van der Waals surface area contributed by atoms with Crippen LogP contribution >= 0.6 is 0 Å². The third-order valence-electron chi connectivity index (χ3n) is 4.54. The van der Waals surface area contributed by atoms with Gasteiger partial charge in [-0.3, -0.25) is 9.78 Å². The van der Waals surface area contributed by atoms with E-state index in [9.17, 15) is 22.2 Å². The highest BCUT2D eigenvalue weighted by atomic mass is 32.2. The highest BCUT2D eigenvalue weighted by molar-refractivity contribution is 7.93. The number of nitrogens with two attached hydrogens (primary N) is 1. The summed E-state index contributed by atoms with van der Waals surface area (Å²) in [7, 11) is -3.04. The molecule has 0 aliphatic carbocycles. The number of hydrogen-bond donors (Lipinski definition) is 1. The van der Waals surface area contributed by atoms with E-state index < -0.39 is 40.2 Å². The van der Waals surface area contributed by atoms with E-state index in [0.29, 0.717) is 11.5 Å². The highest BCUT2D eigenvalue weighted by Crippen LogP contribution is 2.37. The van der Waals surface area contributed by atoms with E-state index in [1.165, 1.54) is 18.3 Å². The number of nitrogens with zero attached hydrogens (tertiary/aromatic N) is 2. The molecule has 10 heteroatoms. The topological polar surface area (TPSA) is 94.6 Å². The molecule has 2 heterocycles. The molecule has 2 unspecified atom stereocenters. The van der Waals surface area contributed by atoms with E-state index >= 15 is 0 Å². The van der Waals surface area contributed by atoms with Crippen LogP contribution < -0.4 is 10.5 Å². The molecule has 2 aromatic rings. The maximum Gasteiger partial charge on any atom is 0.397 e. The van der Waals surface area contributed by atoms with Crippen LogP contribution in [0.3, 0.4) is 0 Å². The Morgan fingerprint density at radius 1 is 1.17 bits per heavy atom. The molecule has 0 bridgehead atoms. The van der Waals surface area contributed by atoms with Gasteiger partial charge in [-0.15, -0.1) is 0 Å². The monoisotopic (exact) mass is 427 g/mol. The van der Waals surface area contributed by atoms with Crippen molar-refractivity contribution in [2.24, 2.45) is 10.1 Å². The van der Waals surface area contributed by atoms with Crippen LogP contribution in [0.25, 0.3) is 0 Å². The van der Waals surface area contributed by atoms with Crippen LogP contribution in [-0.4, -0.2) is 38.8 Å². The molecule has 0 saturated heterocycles. The lowest BCUT2D eigenvalue weighted by Gasteiger charge is -2.23. The average molecular weight is 427 g/mol. The molecule has 1 aromatic carbocycles. The van der Waals surface area contributed by atoms with Crippen molar-refractivity contribution in [3.8, 4) is 11.5 Å². The molecule has 0 saturated carbocycles. The first kappa shape index (κ1) is 21.3. The summed E-state index contributed by atoms with van der Waals surface area (Å²) in [6.07, 6.45) is -3.70. The SMILES string of the molecule is N[C@H]1CCS(=O)(CCC(c2ccc(Oc3ccccc3)cn2)C(F)(F)F)=NC1=O. The Kier molecular flexibility index (Phi) is 6.23. The van der Waals surface area contributed by atoms with E-state index in [1.807, 2.05) is 6.07 Å². The van der Waals surface area contributed by atoms with Crippen molar-refractivity contribution in [2.75, 3.05) is 11.5 Å². The second-order valence-electron chi connectivity index (χ2n) is 6.72. The van der Waals surface area contributed by atoms with Gasteiger partial charge in [0.25, 0.3) is 5.91 Å². The molecule has 1 aliphatic rings. The number of amides is 1. The number of pyridine rings is 1. The third kappa shape index (κ3) is 5.54. The Morgan fingerprint density at radius 3 is 2.48 bits per heavy atom. The second-order valence-corrected chi connectivity index (χ2v) is 9.27. The molecule has 0 fully saturated rings. The fraction of sp³-hybridized carbons (Fsp3) is 0.368. The van der Waals surface area contributed by atoms with Crippen LogP contribution in [-0.2, 0) is 14.5 Å². The zero-order chi connectivity index (χ0) is 21.1. The lowest BCUT2D eigenvalue weighted by Crippen LogP contribution is -2.37. The van der Waals surface area contributed by atoms with E-state index in [0.717, 1.165) is 0 Å². The first-order valence-electron chi connectivity index (χ1n) is 8.94. The number of alkyl halides is 3. The Hall–Kier alpha value is -2.46. The normalized spacial score (nSPS) is 23.3.